The summed E-state index contributed by atoms with van der Waals surface area (Å²) in [4.78, 5) is 29.7. The molecular weight excluding hydrogens is 387 g/mol. The third kappa shape index (κ3) is 3.73. The van der Waals surface area contributed by atoms with E-state index in [0.29, 0.717) is 11.1 Å². The van der Waals surface area contributed by atoms with E-state index in [2.05, 4.69) is 4.98 Å². The molecule has 1 aromatic carbocycles. The predicted octanol–water partition coefficient (Wildman–Crippen LogP) is 4.04. The Balaban J connectivity index is 1.83. The number of aromatic nitrogens is 1. The average molecular weight is 397 g/mol. The molecular formula is C16H10Cl2N2O4S. The van der Waals surface area contributed by atoms with Gasteiger partial charge in [0.15, 0.2) is 11.5 Å². The van der Waals surface area contributed by atoms with Gasteiger partial charge in [0.2, 0.25) is 0 Å². The summed E-state index contributed by atoms with van der Waals surface area (Å²) in [6.07, 6.45) is 2.91. The molecule has 0 spiro atoms. The second-order valence-electron chi connectivity index (χ2n) is 5.13. The molecule has 3 rings (SSSR count). The molecule has 2 heterocycles. The van der Waals surface area contributed by atoms with Crippen LogP contribution in [0.1, 0.15) is 11.1 Å². The highest BCUT2D eigenvalue weighted by molar-refractivity contribution is 8.18. The normalized spacial score (nSPS) is 16.1. The molecule has 0 radical (unpaired) electrons. The molecule has 1 aliphatic heterocycles. The number of rotatable bonds is 3. The van der Waals surface area contributed by atoms with Crippen molar-refractivity contribution in [3.8, 4) is 11.5 Å². The van der Waals surface area contributed by atoms with Gasteiger partial charge in [-0.05, 0) is 47.2 Å². The van der Waals surface area contributed by atoms with E-state index < -0.39 is 11.1 Å². The standard InChI is InChI=1S/C16H10Cl2N2O4S/c17-10-3-9(6-19-14(10)18)7-20-15(23)13(25-16(20)24)5-8-1-2-11(21)12(22)4-8/h1-6,21-22H,7H2/b13-5-. The number of hydrogen-bond donors (Lipinski definition) is 2. The Morgan fingerprint density at radius 2 is 1.92 bits per heavy atom. The van der Waals surface area contributed by atoms with Crippen molar-refractivity contribution < 1.29 is 19.8 Å². The molecule has 1 saturated heterocycles. The van der Waals surface area contributed by atoms with Crippen LogP contribution in [0.15, 0.2) is 35.4 Å². The first-order chi connectivity index (χ1) is 11.8. The molecule has 0 aliphatic carbocycles. The molecule has 1 fully saturated rings. The summed E-state index contributed by atoms with van der Waals surface area (Å²) in [6, 6.07) is 5.66. The lowest BCUT2D eigenvalue weighted by atomic mass is 10.2. The van der Waals surface area contributed by atoms with Crippen molar-refractivity contribution in [3.63, 3.8) is 0 Å². The van der Waals surface area contributed by atoms with E-state index in [4.69, 9.17) is 23.2 Å². The monoisotopic (exact) mass is 396 g/mol. The van der Waals surface area contributed by atoms with Gasteiger partial charge in [0.1, 0.15) is 5.15 Å². The van der Waals surface area contributed by atoms with Gasteiger partial charge >= 0.3 is 0 Å². The molecule has 0 unspecified atom stereocenters. The maximum atomic E-state index is 12.5. The lowest BCUT2D eigenvalue weighted by molar-refractivity contribution is -0.123. The van der Waals surface area contributed by atoms with Crippen molar-refractivity contribution in [3.05, 3.63) is 56.7 Å². The van der Waals surface area contributed by atoms with Crippen molar-refractivity contribution in [1.29, 1.82) is 0 Å². The Labute approximate surface area is 156 Å². The number of amides is 2. The lowest BCUT2D eigenvalue weighted by Gasteiger charge is -2.12. The Morgan fingerprint density at radius 1 is 1.16 bits per heavy atom. The molecule has 2 amide bonds. The molecule has 9 heteroatoms. The highest BCUT2D eigenvalue weighted by Crippen LogP contribution is 2.35. The van der Waals surface area contributed by atoms with Crippen LogP contribution in [0.4, 0.5) is 4.79 Å². The molecule has 0 bridgehead atoms. The van der Waals surface area contributed by atoms with Crippen LogP contribution in [0.3, 0.4) is 0 Å². The zero-order valence-corrected chi connectivity index (χ0v) is 14.8. The molecule has 1 aliphatic rings. The molecule has 0 atom stereocenters. The highest BCUT2D eigenvalue weighted by Gasteiger charge is 2.35. The number of carbonyl (C=O) groups excluding carboxylic acids is 2. The molecule has 128 valence electrons. The van der Waals surface area contributed by atoms with Gasteiger partial charge in [-0.1, -0.05) is 29.3 Å². The van der Waals surface area contributed by atoms with Gasteiger partial charge in [-0.15, -0.1) is 0 Å². The van der Waals surface area contributed by atoms with Gasteiger partial charge in [-0.2, -0.15) is 0 Å². The van der Waals surface area contributed by atoms with Gasteiger partial charge in [-0.25, -0.2) is 4.98 Å². The number of aromatic hydroxyl groups is 2. The van der Waals surface area contributed by atoms with E-state index in [1.165, 1.54) is 30.5 Å². The largest absolute Gasteiger partial charge is 0.504 e. The first kappa shape index (κ1) is 17.6. The molecule has 0 saturated carbocycles. The minimum atomic E-state index is -0.464. The number of benzene rings is 1. The van der Waals surface area contributed by atoms with E-state index in [0.717, 1.165) is 16.7 Å². The fraction of sp³-hybridized carbons (Fsp3) is 0.0625. The molecule has 2 N–H and O–H groups in total. The summed E-state index contributed by atoms with van der Waals surface area (Å²) in [5.74, 6) is -1.04. The van der Waals surface area contributed by atoms with E-state index in [-0.39, 0.29) is 33.1 Å². The average Bonchev–Trinajstić information content (AvgIpc) is 2.82. The minimum Gasteiger partial charge on any atom is -0.504 e. The van der Waals surface area contributed by atoms with Crippen molar-refractivity contribution in [2.24, 2.45) is 0 Å². The second-order valence-corrected chi connectivity index (χ2v) is 6.89. The van der Waals surface area contributed by atoms with Crippen molar-refractivity contribution in [1.82, 2.24) is 9.88 Å². The molecule has 1 aromatic heterocycles. The van der Waals surface area contributed by atoms with Gasteiger partial charge in [0, 0.05) is 6.20 Å². The zero-order valence-electron chi connectivity index (χ0n) is 12.4. The predicted molar refractivity (Wildman–Crippen MR) is 95.5 cm³/mol. The van der Waals surface area contributed by atoms with Crippen LogP contribution in [-0.2, 0) is 11.3 Å². The van der Waals surface area contributed by atoms with Crippen LogP contribution in [-0.4, -0.2) is 31.2 Å². The summed E-state index contributed by atoms with van der Waals surface area (Å²) in [5, 5.41) is 18.8. The van der Waals surface area contributed by atoms with Crippen molar-refractivity contribution in [2.45, 2.75) is 6.54 Å². The van der Waals surface area contributed by atoms with Crippen LogP contribution in [0.2, 0.25) is 10.2 Å². The number of imide groups is 1. The number of phenols is 2. The fourth-order valence-electron chi connectivity index (χ4n) is 2.15. The van der Waals surface area contributed by atoms with Crippen molar-refractivity contribution >= 4 is 52.2 Å². The maximum absolute atomic E-state index is 12.5. The number of thioether (sulfide) groups is 1. The topological polar surface area (TPSA) is 90.7 Å². The Morgan fingerprint density at radius 3 is 2.60 bits per heavy atom. The van der Waals surface area contributed by atoms with Crippen LogP contribution in [0.25, 0.3) is 6.08 Å². The number of pyridine rings is 1. The summed E-state index contributed by atoms with van der Waals surface area (Å²) in [7, 11) is 0. The van der Waals surface area contributed by atoms with Crippen molar-refractivity contribution in [2.75, 3.05) is 0 Å². The first-order valence-electron chi connectivity index (χ1n) is 6.92. The Hall–Kier alpha value is -2.22. The minimum absolute atomic E-state index is 0.0206. The number of halogens is 2. The third-order valence-electron chi connectivity index (χ3n) is 3.36. The molecule has 25 heavy (non-hydrogen) atoms. The number of carbonyl (C=O) groups is 2. The van der Waals surface area contributed by atoms with Crippen LogP contribution in [0, 0.1) is 0 Å². The van der Waals surface area contributed by atoms with E-state index in [1.807, 2.05) is 0 Å². The van der Waals surface area contributed by atoms with Gasteiger partial charge in [-0.3, -0.25) is 14.5 Å². The number of nitrogens with zero attached hydrogens (tertiary/aromatic N) is 2. The maximum Gasteiger partial charge on any atom is 0.293 e. The Kier molecular flexibility index (Phi) is 4.89. The van der Waals surface area contributed by atoms with E-state index in [1.54, 1.807) is 6.07 Å². The van der Waals surface area contributed by atoms with Gasteiger partial charge in [0.25, 0.3) is 11.1 Å². The molecule has 6 nitrogen and oxygen atoms in total. The first-order valence-corrected chi connectivity index (χ1v) is 8.49. The van der Waals surface area contributed by atoms with Crippen LogP contribution >= 0.6 is 35.0 Å². The summed E-state index contributed by atoms with van der Waals surface area (Å²) in [6.45, 7) is 0.0206. The quantitative estimate of drug-likeness (QED) is 0.462. The van der Waals surface area contributed by atoms with E-state index >= 15 is 0 Å². The number of hydrogen-bond acceptors (Lipinski definition) is 6. The zero-order chi connectivity index (χ0) is 18.1. The molecule has 2 aromatic rings. The highest BCUT2D eigenvalue weighted by atomic mass is 35.5. The Bertz CT molecular complexity index is 917. The SMILES string of the molecule is O=C1S/C(=C\c2ccc(O)c(O)c2)C(=O)N1Cc1cnc(Cl)c(Cl)c1. The van der Waals surface area contributed by atoms with E-state index in [9.17, 15) is 19.8 Å². The van der Waals surface area contributed by atoms with Crippen LogP contribution in [0.5, 0.6) is 11.5 Å². The summed E-state index contributed by atoms with van der Waals surface area (Å²) >= 11 is 12.4. The fourth-order valence-corrected chi connectivity index (χ4v) is 3.28. The van der Waals surface area contributed by atoms with Gasteiger partial charge in [0.05, 0.1) is 16.5 Å². The number of phenolic OH excluding ortho intramolecular Hbond substituents is 2. The lowest BCUT2D eigenvalue weighted by Crippen LogP contribution is -2.27. The van der Waals surface area contributed by atoms with Crippen LogP contribution < -0.4 is 0 Å². The summed E-state index contributed by atoms with van der Waals surface area (Å²) in [5.41, 5.74) is 1.05. The smallest absolute Gasteiger partial charge is 0.293 e. The third-order valence-corrected chi connectivity index (χ3v) is 4.96. The van der Waals surface area contributed by atoms with Gasteiger partial charge < -0.3 is 10.2 Å². The summed E-state index contributed by atoms with van der Waals surface area (Å²) < 4.78 is 0. The second kappa shape index (κ2) is 6.95.